The average Bonchev–Trinajstić information content (AvgIpc) is 2.92. The fourth-order valence-corrected chi connectivity index (χ4v) is 2.84. The second-order valence-electron chi connectivity index (χ2n) is 5.25. The van der Waals surface area contributed by atoms with Gasteiger partial charge in [0.15, 0.2) is 0 Å². The lowest BCUT2D eigenvalue weighted by Crippen LogP contribution is -2.31. The summed E-state index contributed by atoms with van der Waals surface area (Å²) in [5, 5.41) is 3.66. The summed E-state index contributed by atoms with van der Waals surface area (Å²) >= 11 is 0. The first-order chi connectivity index (χ1) is 8.81. The summed E-state index contributed by atoms with van der Waals surface area (Å²) in [6, 6.07) is 8.94. The molecule has 0 saturated heterocycles. The van der Waals surface area contributed by atoms with E-state index in [0.717, 1.165) is 24.8 Å². The van der Waals surface area contributed by atoms with Crippen LogP contribution in [0.15, 0.2) is 24.3 Å². The molecular weight excluding hydrogens is 222 g/mol. The van der Waals surface area contributed by atoms with Crippen LogP contribution in [0.4, 0.5) is 0 Å². The summed E-state index contributed by atoms with van der Waals surface area (Å²) in [6.07, 6.45) is 5.60. The average molecular weight is 247 g/mol. The molecule has 1 aliphatic carbocycles. The van der Waals surface area contributed by atoms with Crippen LogP contribution in [-0.2, 0) is 6.54 Å². The summed E-state index contributed by atoms with van der Waals surface area (Å²) in [7, 11) is 0. The van der Waals surface area contributed by atoms with Crippen molar-refractivity contribution in [2.45, 2.75) is 52.1 Å². The molecule has 18 heavy (non-hydrogen) atoms. The smallest absolute Gasteiger partial charge is 0.123 e. The monoisotopic (exact) mass is 247 g/mol. The Kier molecular flexibility index (Phi) is 5.06. The molecule has 1 atom stereocenters. The van der Waals surface area contributed by atoms with Gasteiger partial charge in [0, 0.05) is 18.2 Å². The number of para-hydroxylation sites is 1. The van der Waals surface area contributed by atoms with Crippen molar-refractivity contribution < 1.29 is 4.74 Å². The molecule has 1 saturated carbocycles. The molecule has 0 spiro atoms. The molecule has 2 rings (SSSR count). The first-order valence-corrected chi connectivity index (χ1v) is 7.25. The fourth-order valence-electron chi connectivity index (χ4n) is 2.84. The predicted molar refractivity (Wildman–Crippen MR) is 75.9 cm³/mol. The van der Waals surface area contributed by atoms with Crippen LogP contribution in [0.2, 0.25) is 0 Å². The third kappa shape index (κ3) is 3.49. The highest BCUT2D eigenvalue weighted by Gasteiger charge is 2.21. The van der Waals surface area contributed by atoms with Gasteiger partial charge in [0.1, 0.15) is 5.75 Å². The normalized spacial score (nSPS) is 17.9. The zero-order valence-electron chi connectivity index (χ0n) is 11.6. The van der Waals surface area contributed by atoms with Crippen molar-refractivity contribution in [3.63, 3.8) is 0 Å². The molecule has 1 aromatic rings. The molecule has 0 heterocycles. The van der Waals surface area contributed by atoms with Gasteiger partial charge in [0.2, 0.25) is 0 Å². The van der Waals surface area contributed by atoms with E-state index in [-0.39, 0.29) is 0 Å². The molecule has 1 fully saturated rings. The maximum Gasteiger partial charge on any atom is 0.123 e. The summed E-state index contributed by atoms with van der Waals surface area (Å²) in [5.74, 6) is 1.88. The molecule has 1 N–H and O–H groups in total. The highest BCUT2D eigenvalue weighted by Crippen LogP contribution is 2.28. The van der Waals surface area contributed by atoms with Crippen molar-refractivity contribution in [2.75, 3.05) is 6.61 Å². The van der Waals surface area contributed by atoms with Crippen molar-refractivity contribution in [2.24, 2.45) is 5.92 Å². The molecule has 0 unspecified atom stereocenters. The van der Waals surface area contributed by atoms with E-state index in [1.807, 2.05) is 13.0 Å². The molecule has 1 aromatic carbocycles. The standard InChI is InChI=1S/C16H25NO/c1-3-18-16-11-7-6-10-15(16)12-17-13(2)14-8-4-5-9-14/h6-7,10-11,13-14,17H,3-5,8-9,12H2,1-2H3/t13-/m1/s1. The first-order valence-electron chi connectivity index (χ1n) is 7.25. The molecule has 0 amide bonds. The Morgan fingerprint density at radius 1 is 1.28 bits per heavy atom. The van der Waals surface area contributed by atoms with E-state index < -0.39 is 0 Å². The van der Waals surface area contributed by atoms with Crippen LogP contribution in [0.3, 0.4) is 0 Å². The molecule has 2 nitrogen and oxygen atoms in total. The molecule has 0 bridgehead atoms. The van der Waals surface area contributed by atoms with Crippen LogP contribution in [0.5, 0.6) is 5.75 Å². The highest BCUT2D eigenvalue weighted by molar-refractivity contribution is 5.33. The Balaban J connectivity index is 1.88. The van der Waals surface area contributed by atoms with Crippen molar-refractivity contribution >= 4 is 0 Å². The summed E-state index contributed by atoms with van der Waals surface area (Å²) < 4.78 is 5.65. The summed E-state index contributed by atoms with van der Waals surface area (Å²) in [4.78, 5) is 0. The minimum absolute atomic E-state index is 0.613. The van der Waals surface area contributed by atoms with Crippen LogP contribution in [-0.4, -0.2) is 12.6 Å². The van der Waals surface area contributed by atoms with Gasteiger partial charge in [-0.15, -0.1) is 0 Å². The Morgan fingerprint density at radius 2 is 2.00 bits per heavy atom. The van der Waals surface area contributed by atoms with Crippen molar-refractivity contribution in [1.82, 2.24) is 5.32 Å². The lowest BCUT2D eigenvalue weighted by Gasteiger charge is -2.21. The molecular formula is C16H25NO. The Hall–Kier alpha value is -1.02. The van der Waals surface area contributed by atoms with Gasteiger partial charge in [-0.3, -0.25) is 0 Å². The Labute approximate surface area is 111 Å². The largest absolute Gasteiger partial charge is 0.494 e. The number of nitrogens with one attached hydrogen (secondary N) is 1. The van der Waals surface area contributed by atoms with Gasteiger partial charge in [0.25, 0.3) is 0 Å². The zero-order chi connectivity index (χ0) is 12.8. The molecule has 0 radical (unpaired) electrons. The van der Waals surface area contributed by atoms with E-state index in [1.54, 1.807) is 0 Å². The lowest BCUT2D eigenvalue weighted by molar-refractivity contribution is 0.331. The number of hydrogen-bond acceptors (Lipinski definition) is 2. The second-order valence-corrected chi connectivity index (χ2v) is 5.25. The van der Waals surface area contributed by atoms with E-state index >= 15 is 0 Å². The number of rotatable bonds is 6. The van der Waals surface area contributed by atoms with Gasteiger partial charge in [0.05, 0.1) is 6.61 Å². The van der Waals surface area contributed by atoms with Gasteiger partial charge < -0.3 is 10.1 Å². The van der Waals surface area contributed by atoms with Crippen molar-refractivity contribution in [3.05, 3.63) is 29.8 Å². The van der Waals surface area contributed by atoms with Crippen LogP contribution in [0, 0.1) is 5.92 Å². The maximum absolute atomic E-state index is 5.65. The van der Waals surface area contributed by atoms with Gasteiger partial charge in [-0.05, 0) is 38.7 Å². The first kappa shape index (κ1) is 13.4. The fraction of sp³-hybridized carbons (Fsp3) is 0.625. The maximum atomic E-state index is 5.65. The second kappa shape index (κ2) is 6.79. The van der Waals surface area contributed by atoms with E-state index in [1.165, 1.54) is 31.2 Å². The van der Waals surface area contributed by atoms with E-state index in [9.17, 15) is 0 Å². The third-order valence-electron chi connectivity index (χ3n) is 3.99. The molecule has 1 aliphatic rings. The van der Waals surface area contributed by atoms with E-state index in [2.05, 4.69) is 30.4 Å². The Bertz CT molecular complexity index is 358. The third-order valence-corrected chi connectivity index (χ3v) is 3.99. The summed E-state index contributed by atoms with van der Waals surface area (Å²) in [5.41, 5.74) is 1.27. The van der Waals surface area contributed by atoms with Crippen molar-refractivity contribution in [1.29, 1.82) is 0 Å². The molecule has 2 heteroatoms. The predicted octanol–water partition coefficient (Wildman–Crippen LogP) is 3.75. The number of ether oxygens (including phenoxy) is 1. The number of benzene rings is 1. The van der Waals surface area contributed by atoms with Crippen LogP contribution in [0.25, 0.3) is 0 Å². The number of hydrogen-bond donors (Lipinski definition) is 1. The lowest BCUT2D eigenvalue weighted by atomic mass is 9.99. The molecule has 0 aromatic heterocycles. The van der Waals surface area contributed by atoms with Crippen LogP contribution < -0.4 is 10.1 Å². The minimum Gasteiger partial charge on any atom is -0.494 e. The quantitative estimate of drug-likeness (QED) is 0.826. The van der Waals surface area contributed by atoms with Gasteiger partial charge >= 0.3 is 0 Å². The van der Waals surface area contributed by atoms with Gasteiger partial charge in [-0.2, -0.15) is 0 Å². The topological polar surface area (TPSA) is 21.3 Å². The SMILES string of the molecule is CCOc1ccccc1CN[C@H](C)C1CCCC1. The molecule has 100 valence electrons. The Morgan fingerprint density at radius 3 is 2.72 bits per heavy atom. The summed E-state index contributed by atoms with van der Waals surface area (Å²) in [6.45, 7) is 5.99. The minimum atomic E-state index is 0.613. The highest BCUT2D eigenvalue weighted by atomic mass is 16.5. The van der Waals surface area contributed by atoms with Gasteiger partial charge in [-0.25, -0.2) is 0 Å². The molecule has 0 aliphatic heterocycles. The van der Waals surface area contributed by atoms with E-state index in [0.29, 0.717) is 6.04 Å². The van der Waals surface area contributed by atoms with E-state index in [4.69, 9.17) is 4.74 Å². The van der Waals surface area contributed by atoms with Crippen LogP contribution in [0.1, 0.15) is 45.1 Å². The van der Waals surface area contributed by atoms with Crippen molar-refractivity contribution in [3.8, 4) is 5.75 Å². The van der Waals surface area contributed by atoms with Gasteiger partial charge in [-0.1, -0.05) is 31.0 Å². The van der Waals surface area contributed by atoms with Crippen LogP contribution >= 0.6 is 0 Å². The zero-order valence-corrected chi connectivity index (χ0v) is 11.6.